The van der Waals surface area contributed by atoms with Gasteiger partial charge in [0.2, 0.25) is 0 Å². The van der Waals surface area contributed by atoms with Gasteiger partial charge in [0.05, 0.1) is 11.9 Å². The van der Waals surface area contributed by atoms with E-state index >= 15 is 0 Å². The van der Waals surface area contributed by atoms with E-state index in [1.165, 1.54) is 11.1 Å². The molecule has 3 aromatic heterocycles. The maximum Gasteiger partial charge on any atom is 0.290 e. The van der Waals surface area contributed by atoms with E-state index in [0.29, 0.717) is 11.4 Å². The summed E-state index contributed by atoms with van der Waals surface area (Å²) in [6, 6.07) is 14.1. The Bertz CT molecular complexity index is 1290. The topological polar surface area (TPSA) is 63.7 Å². The van der Waals surface area contributed by atoms with Crippen molar-refractivity contribution >= 4 is 17.8 Å². The number of nitrogens with one attached hydrogen (secondary N) is 1. The predicted molar refractivity (Wildman–Crippen MR) is 120 cm³/mol. The zero-order valence-corrected chi connectivity index (χ0v) is 17.9. The summed E-state index contributed by atoms with van der Waals surface area (Å²) < 4.78 is 3.98. The van der Waals surface area contributed by atoms with Crippen molar-refractivity contribution in [2.45, 2.75) is 34.6 Å². The standard InChI is InChI=1S/C24H25N5O/c1-15-9-10-21(16(2)12-15)29-17(3)13-20(19(29)5)14-25-27-24(30)23-18(4)26-22-8-6-7-11-28(22)23/h6-14H,1-5H3,(H,27,30)/b25-14-. The Balaban J connectivity index is 1.59. The number of imidazole rings is 1. The van der Waals surface area contributed by atoms with E-state index in [-0.39, 0.29) is 5.91 Å². The lowest BCUT2D eigenvalue weighted by atomic mass is 10.1. The molecule has 0 atom stereocenters. The Labute approximate surface area is 175 Å². The van der Waals surface area contributed by atoms with E-state index in [1.807, 2.05) is 31.3 Å². The maximum absolute atomic E-state index is 12.7. The summed E-state index contributed by atoms with van der Waals surface area (Å²) in [7, 11) is 0. The van der Waals surface area contributed by atoms with Crippen LogP contribution in [0.5, 0.6) is 0 Å². The second kappa shape index (κ2) is 7.63. The monoisotopic (exact) mass is 399 g/mol. The Kier molecular flexibility index (Phi) is 4.99. The highest BCUT2D eigenvalue weighted by Crippen LogP contribution is 2.23. The quantitative estimate of drug-likeness (QED) is 0.408. The molecule has 0 saturated carbocycles. The van der Waals surface area contributed by atoms with Crippen LogP contribution in [0.15, 0.2) is 53.8 Å². The first-order valence-corrected chi connectivity index (χ1v) is 9.90. The van der Waals surface area contributed by atoms with Crippen LogP contribution in [0.25, 0.3) is 11.3 Å². The molecule has 0 radical (unpaired) electrons. The second-order valence-corrected chi connectivity index (χ2v) is 7.63. The minimum atomic E-state index is -0.286. The van der Waals surface area contributed by atoms with Crippen LogP contribution in [0.3, 0.4) is 0 Å². The number of fused-ring (bicyclic) bond motifs is 1. The number of amides is 1. The summed E-state index contributed by atoms with van der Waals surface area (Å²) in [5.74, 6) is -0.286. The van der Waals surface area contributed by atoms with Gasteiger partial charge in [0.1, 0.15) is 11.3 Å². The van der Waals surface area contributed by atoms with Crippen LogP contribution in [-0.4, -0.2) is 26.1 Å². The van der Waals surface area contributed by atoms with Crippen LogP contribution in [0.4, 0.5) is 0 Å². The minimum absolute atomic E-state index is 0.286. The van der Waals surface area contributed by atoms with Gasteiger partial charge in [-0.25, -0.2) is 10.4 Å². The molecule has 1 amide bonds. The predicted octanol–water partition coefficient (Wildman–Crippen LogP) is 4.43. The molecule has 3 heterocycles. The van der Waals surface area contributed by atoms with Crippen molar-refractivity contribution in [2.75, 3.05) is 0 Å². The van der Waals surface area contributed by atoms with Crippen molar-refractivity contribution in [3.63, 3.8) is 0 Å². The fraction of sp³-hybridized carbons (Fsp3) is 0.208. The number of aryl methyl sites for hydroxylation is 4. The van der Waals surface area contributed by atoms with Crippen LogP contribution >= 0.6 is 0 Å². The molecule has 152 valence electrons. The van der Waals surface area contributed by atoms with Crippen molar-refractivity contribution < 1.29 is 4.79 Å². The number of carbonyl (C=O) groups is 1. The third-order valence-electron chi connectivity index (χ3n) is 5.35. The molecule has 0 aliphatic carbocycles. The fourth-order valence-electron chi connectivity index (χ4n) is 3.95. The first-order valence-electron chi connectivity index (χ1n) is 9.90. The number of hydrogen-bond acceptors (Lipinski definition) is 3. The normalized spacial score (nSPS) is 11.5. The summed E-state index contributed by atoms with van der Waals surface area (Å²) in [6.07, 6.45) is 3.52. The lowest BCUT2D eigenvalue weighted by Crippen LogP contribution is -2.20. The number of aromatic nitrogens is 3. The number of carbonyl (C=O) groups excluding carboxylic acids is 1. The van der Waals surface area contributed by atoms with Gasteiger partial charge >= 0.3 is 0 Å². The van der Waals surface area contributed by atoms with E-state index < -0.39 is 0 Å². The molecule has 4 rings (SSSR count). The SMILES string of the molecule is Cc1ccc(-n2c(C)cc(/C=N\NC(=O)c3c(C)nc4ccccn34)c2C)c(C)c1. The lowest BCUT2D eigenvalue weighted by molar-refractivity contribution is 0.0948. The summed E-state index contributed by atoms with van der Waals surface area (Å²) >= 11 is 0. The average Bonchev–Trinajstić information content (AvgIpc) is 3.17. The van der Waals surface area contributed by atoms with Crippen LogP contribution in [0.2, 0.25) is 0 Å². The Morgan fingerprint density at radius 2 is 1.87 bits per heavy atom. The maximum atomic E-state index is 12.7. The van der Waals surface area contributed by atoms with Crippen LogP contribution in [-0.2, 0) is 0 Å². The van der Waals surface area contributed by atoms with Gasteiger partial charge in [-0.2, -0.15) is 5.10 Å². The van der Waals surface area contributed by atoms with Crippen molar-refractivity contribution in [1.29, 1.82) is 0 Å². The molecule has 0 saturated heterocycles. The Hall–Kier alpha value is -3.67. The number of nitrogens with zero attached hydrogens (tertiary/aromatic N) is 4. The van der Waals surface area contributed by atoms with Gasteiger partial charge in [0.25, 0.3) is 5.91 Å². The lowest BCUT2D eigenvalue weighted by Gasteiger charge is -2.13. The van der Waals surface area contributed by atoms with Gasteiger partial charge in [-0.1, -0.05) is 23.8 Å². The van der Waals surface area contributed by atoms with Crippen LogP contribution in [0, 0.1) is 34.6 Å². The molecule has 0 bridgehead atoms. The van der Waals surface area contributed by atoms with E-state index in [0.717, 1.165) is 28.3 Å². The van der Waals surface area contributed by atoms with Gasteiger partial charge in [0.15, 0.2) is 0 Å². The smallest absolute Gasteiger partial charge is 0.290 e. The molecule has 6 heteroatoms. The van der Waals surface area contributed by atoms with Gasteiger partial charge in [0, 0.05) is 28.8 Å². The summed E-state index contributed by atoms with van der Waals surface area (Å²) in [4.78, 5) is 17.1. The van der Waals surface area contributed by atoms with Gasteiger partial charge in [-0.3, -0.25) is 9.20 Å². The first-order chi connectivity index (χ1) is 14.4. The van der Waals surface area contributed by atoms with Crippen LogP contribution < -0.4 is 5.43 Å². The summed E-state index contributed by atoms with van der Waals surface area (Å²) in [5.41, 5.74) is 11.3. The highest BCUT2D eigenvalue weighted by Gasteiger charge is 2.16. The molecule has 6 nitrogen and oxygen atoms in total. The van der Waals surface area contributed by atoms with E-state index in [9.17, 15) is 4.79 Å². The van der Waals surface area contributed by atoms with Gasteiger partial charge in [-0.05, 0) is 64.4 Å². The molecule has 0 unspecified atom stereocenters. The van der Waals surface area contributed by atoms with E-state index in [2.05, 4.69) is 72.0 Å². The number of hydrazone groups is 1. The molecule has 1 aromatic carbocycles. The number of benzene rings is 1. The molecule has 30 heavy (non-hydrogen) atoms. The Morgan fingerprint density at radius 3 is 2.63 bits per heavy atom. The second-order valence-electron chi connectivity index (χ2n) is 7.63. The van der Waals surface area contributed by atoms with Crippen molar-refractivity contribution in [3.8, 4) is 5.69 Å². The zero-order valence-electron chi connectivity index (χ0n) is 17.9. The Morgan fingerprint density at radius 1 is 1.07 bits per heavy atom. The third-order valence-corrected chi connectivity index (χ3v) is 5.35. The summed E-state index contributed by atoms with van der Waals surface area (Å²) in [6.45, 7) is 10.2. The molecule has 4 aromatic rings. The number of hydrogen-bond donors (Lipinski definition) is 1. The highest BCUT2D eigenvalue weighted by atomic mass is 16.2. The van der Waals surface area contributed by atoms with Crippen molar-refractivity contribution in [2.24, 2.45) is 5.10 Å². The number of rotatable bonds is 4. The largest absolute Gasteiger partial charge is 0.318 e. The number of pyridine rings is 1. The first kappa shape index (κ1) is 19.6. The molecular weight excluding hydrogens is 374 g/mol. The molecule has 0 aliphatic heterocycles. The molecular formula is C24H25N5O. The fourth-order valence-corrected chi connectivity index (χ4v) is 3.95. The highest BCUT2D eigenvalue weighted by molar-refractivity contribution is 5.95. The minimum Gasteiger partial charge on any atom is -0.318 e. The third kappa shape index (κ3) is 3.41. The molecule has 0 fully saturated rings. The molecule has 0 aliphatic rings. The van der Waals surface area contributed by atoms with E-state index in [1.54, 1.807) is 10.6 Å². The average molecular weight is 399 g/mol. The molecule has 1 N–H and O–H groups in total. The van der Waals surface area contributed by atoms with Crippen molar-refractivity contribution in [3.05, 3.63) is 88.1 Å². The van der Waals surface area contributed by atoms with Gasteiger partial charge < -0.3 is 4.57 Å². The summed E-state index contributed by atoms with van der Waals surface area (Å²) in [5, 5.41) is 4.21. The van der Waals surface area contributed by atoms with Gasteiger partial charge in [-0.15, -0.1) is 0 Å². The zero-order chi connectivity index (χ0) is 21.4. The van der Waals surface area contributed by atoms with Crippen molar-refractivity contribution in [1.82, 2.24) is 19.4 Å². The molecule has 0 spiro atoms. The van der Waals surface area contributed by atoms with E-state index in [4.69, 9.17) is 0 Å². The van der Waals surface area contributed by atoms with Crippen LogP contribution in [0.1, 0.15) is 44.3 Å².